The SMILES string of the molecule is Cc1ccc2ccc(C3CNC3)cc2n1. The number of rotatable bonds is 1. The van der Waals surface area contributed by atoms with Crippen molar-refractivity contribution in [3.63, 3.8) is 0 Å². The van der Waals surface area contributed by atoms with E-state index in [0.29, 0.717) is 5.92 Å². The summed E-state index contributed by atoms with van der Waals surface area (Å²) in [6.07, 6.45) is 0. The molecule has 1 aromatic heterocycles. The van der Waals surface area contributed by atoms with E-state index in [1.165, 1.54) is 10.9 Å². The average molecular weight is 198 g/mol. The maximum absolute atomic E-state index is 4.56. The molecule has 2 nitrogen and oxygen atoms in total. The van der Waals surface area contributed by atoms with E-state index in [4.69, 9.17) is 0 Å². The van der Waals surface area contributed by atoms with Gasteiger partial charge in [-0.05, 0) is 24.6 Å². The van der Waals surface area contributed by atoms with Crippen molar-refractivity contribution in [2.45, 2.75) is 12.8 Å². The first-order chi connectivity index (χ1) is 7.33. The highest BCUT2D eigenvalue weighted by Crippen LogP contribution is 2.23. The average Bonchev–Trinajstić information content (AvgIpc) is 2.14. The molecule has 1 fully saturated rings. The Bertz CT molecular complexity index is 501. The molecule has 0 radical (unpaired) electrons. The molecule has 0 spiro atoms. The van der Waals surface area contributed by atoms with Crippen molar-refractivity contribution >= 4 is 10.9 Å². The molecular formula is C13H14N2. The number of aromatic nitrogens is 1. The number of benzene rings is 1. The second-order valence-corrected chi connectivity index (χ2v) is 4.26. The Morgan fingerprint density at radius 1 is 1.20 bits per heavy atom. The molecule has 76 valence electrons. The smallest absolute Gasteiger partial charge is 0.0708 e. The lowest BCUT2D eigenvalue weighted by atomic mass is 9.93. The lowest BCUT2D eigenvalue weighted by Crippen LogP contribution is -2.39. The number of nitrogens with zero attached hydrogens (tertiary/aromatic N) is 1. The first-order valence-corrected chi connectivity index (χ1v) is 5.41. The largest absolute Gasteiger partial charge is 0.315 e. The molecular weight excluding hydrogens is 184 g/mol. The topological polar surface area (TPSA) is 24.9 Å². The fourth-order valence-electron chi connectivity index (χ4n) is 2.01. The molecule has 1 aliphatic rings. The van der Waals surface area contributed by atoms with E-state index in [2.05, 4.69) is 40.6 Å². The van der Waals surface area contributed by atoms with Crippen LogP contribution in [-0.4, -0.2) is 18.1 Å². The minimum atomic E-state index is 0.691. The van der Waals surface area contributed by atoms with Gasteiger partial charge in [0.25, 0.3) is 0 Å². The van der Waals surface area contributed by atoms with Crippen molar-refractivity contribution in [1.29, 1.82) is 0 Å². The monoisotopic (exact) mass is 198 g/mol. The van der Waals surface area contributed by atoms with Crippen LogP contribution >= 0.6 is 0 Å². The van der Waals surface area contributed by atoms with Crippen LogP contribution in [0.1, 0.15) is 17.2 Å². The summed E-state index contributed by atoms with van der Waals surface area (Å²) in [5, 5.41) is 4.53. The summed E-state index contributed by atoms with van der Waals surface area (Å²) >= 11 is 0. The number of fused-ring (bicyclic) bond motifs is 1. The van der Waals surface area contributed by atoms with Gasteiger partial charge in [0.05, 0.1) is 5.52 Å². The van der Waals surface area contributed by atoms with E-state index in [-0.39, 0.29) is 0 Å². The van der Waals surface area contributed by atoms with Gasteiger partial charge in [0, 0.05) is 30.1 Å². The second kappa shape index (κ2) is 3.31. The van der Waals surface area contributed by atoms with Gasteiger partial charge in [-0.2, -0.15) is 0 Å². The third-order valence-electron chi connectivity index (χ3n) is 3.11. The van der Waals surface area contributed by atoms with Crippen LogP contribution in [0.4, 0.5) is 0 Å². The minimum absolute atomic E-state index is 0.691. The standard InChI is InChI=1S/C13H14N2/c1-9-2-3-10-4-5-11(6-13(10)15-9)12-7-14-8-12/h2-6,12,14H,7-8H2,1H3. The van der Waals surface area contributed by atoms with Gasteiger partial charge in [-0.15, -0.1) is 0 Å². The molecule has 2 aromatic rings. The van der Waals surface area contributed by atoms with Gasteiger partial charge >= 0.3 is 0 Å². The Morgan fingerprint density at radius 3 is 2.73 bits per heavy atom. The molecule has 0 bridgehead atoms. The highest BCUT2D eigenvalue weighted by Gasteiger charge is 2.18. The van der Waals surface area contributed by atoms with Gasteiger partial charge in [-0.1, -0.05) is 18.2 Å². The maximum atomic E-state index is 4.56. The Hall–Kier alpha value is -1.41. The van der Waals surface area contributed by atoms with E-state index < -0.39 is 0 Å². The van der Waals surface area contributed by atoms with E-state index in [0.717, 1.165) is 24.3 Å². The lowest BCUT2D eigenvalue weighted by Gasteiger charge is -2.27. The highest BCUT2D eigenvalue weighted by molar-refractivity contribution is 5.79. The molecule has 0 aliphatic carbocycles. The van der Waals surface area contributed by atoms with Gasteiger partial charge in [-0.3, -0.25) is 4.98 Å². The van der Waals surface area contributed by atoms with E-state index in [1.807, 2.05) is 6.92 Å². The van der Waals surface area contributed by atoms with Crippen molar-refractivity contribution < 1.29 is 0 Å². The molecule has 3 rings (SSSR count). The number of hydrogen-bond donors (Lipinski definition) is 1. The van der Waals surface area contributed by atoms with Gasteiger partial charge in [0.15, 0.2) is 0 Å². The number of nitrogens with one attached hydrogen (secondary N) is 1. The van der Waals surface area contributed by atoms with Crippen LogP contribution in [0.3, 0.4) is 0 Å². The first-order valence-electron chi connectivity index (χ1n) is 5.41. The summed E-state index contributed by atoms with van der Waals surface area (Å²) < 4.78 is 0. The van der Waals surface area contributed by atoms with Crippen LogP contribution in [0.5, 0.6) is 0 Å². The highest BCUT2D eigenvalue weighted by atomic mass is 14.9. The van der Waals surface area contributed by atoms with Crippen LogP contribution in [-0.2, 0) is 0 Å². The van der Waals surface area contributed by atoms with Gasteiger partial charge < -0.3 is 5.32 Å². The zero-order valence-electron chi connectivity index (χ0n) is 8.83. The Kier molecular flexibility index (Phi) is 1.96. The minimum Gasteiger partial charge on any atom is -0.315 e. The number of hydrogen-bond acceptors (Lipinski definition) is 2. The summed E-state index contributed by atoms with van der Waals surface area (Å²) in [7, 11) is 0. The molecule has 1 aliphatic heterocycles. The molecule has 2 heterocycles. The van der Waals surface area contributed by atoms with Gasteiger partial charge in [0.1, 0.15) is 0 Å². The van der Waals surface area contributed by atoms with Gasteiger partial charge in [0.2, 0.25) is 0 Å². The summed E-state index contributed by atoms with van der Waals surface area (Å²) in [6.45, 7) is 4.26. The molecule has 2 heteroatoms. The summed E-state index contributed by atoms with van der Waals surface area (Å²) in [5.41, 5.74) is 3.63. The summed E-state index contributed by atoms with van der Waals surface area (Å²) in [5.74, 6) is 0.691. The second-order valence-electron chi connectivity index (χ2n) is 4.26. The Labute approximate surface area is 89.3 Å². The third-order valence-corrected chi connectivity index (χ3v) is 3.11. The van der Waals surface area contributed by atoms with Crippen molar-refractivity contribution in [3.8, 4) is 0 Å². The van der Waals surface area contributed by atoms with E-state index in [9.17, 15) is 0 Å². The molecule has 0 amide bonds. The van der Waals surface area contributed by atoms with Crippen molar-refractivity contribution in [2.24, 2.45) is 0 Å². The molecule has 0 atom stereocenters. The summed E-state index contributed by atoms with van der Waals surface area (Å²) in [4.78, 5) is 4.56. The molecule has 1 aromatic carbocycles. The van der Waals surface area contributed by atoms with E-state index >= 15 is 0 Å². The lowest BCUT2D eigenvalue weighted by molar-refractivity contribution is 0.448. The molecule has 1 saturated heterocycles. The fraction of sp³-hybridized carbons (Fsp3) is 0.308. The summed E-state index contributed by atoms with van der Waals surface area (Å²) in [6, 6.07) is 10.8. The Balaban J connectivity index is 2.11. The predicted octanol–water partition coefficient (Wildman–Crippen LogP) is 2.23. The van der Waals surface area contributed by atoms with Crippen molar-refractivity contribution in [3.05, 3.63) is 41.6 Å². The molecule has 0 unspecified atom stereocenters. The van der Waals surface area contributed by atoms with Crippen LogP contribution in [0.25, 0.3) is 10.9 Å². The number of pyridine rings is 1. The van der Waals surface area contributed by atoms with Crippen LogP contribution in [0, 0.1) is 6.92 Å². The van der Waals surface area contributed by atoms with E-state index in [1.54, 1.807) is 0 Å². The Morgan fingerprint density at radius 2 is 2.00 bits per heavy atom. The zero-order chi connectivity index (χ0) is 10.3. The zero-order valence-corrected chi connectivity index (χ0v) is 8.83. The molecule has 1 N–H and O–H groups in total. The van der Waals surface area contributed by atoms with Crippen molar-refractivity contribution in [2.75, 3.05) is 13.1 Å². The molecule has 0 saturated carbocycles. The normalized spacial score (nSPS) is 16.6. The number of aryl methyl sites for hydroxylation is 1. The maximum Gasteiger partial charge on any atom is 0.0708 e. The first kappa shape index (κ1) is 8.86. The molecule has 15 heavy (non-hydrogen) atoms. The quantitative estimate of drug-likeness (QED) is 0.760. The van der Waals surface area contributed by atoms with Gasteiger partial charge in [-0.25, -0.2) is 0 Å². The van der Waals surface area contributed by atoms with Crippen LogP contribution in [0.15, 0.2) is 30.3 Å². The van der Waals surface area contributed by atoms with Crippen LogP contribution in [0.2, 0.25) is 0 Å². The fourth-order valence-corrected chi connectivity index (χ4v) is 2.01. The predicted molar refractivity (Wildman–Crippen MR) is 62.1 cm³/mol. The van der Waals surface area contributed by atoms with Crippen LogP contribution < -0.4 is 5.32 Å². The third kappa shape index (κ3) is 1.51. The van der Waals surface area contributed by atoms with Crippen molar-refractivity contribution in [1.82, 2.24) is 10.3 Å².